The van der Waals surface area contributed by atoms with E-state index in [1.54, 1.807) is 11.8 Å². The van der Waals surface area contributed by atoms with Crippen molar-refractivity contribution in [2.75, 3.05) is 51.4 Å². The molecule has 0 bridgehead atoms. The zero-order chi connectivity index (χ0) is 14.3. The highest BCUT2D eigenvalue weighted by molar-refractivity contribution is 8.00. The zero-order valence-corrected chi connectivity index (χ0v) is 13.4. The Labute approximate surface area is 129 Å². The summed E-state index contributed by atoms with van der Waals surface area (Å²) in [6.45, 7) is 2.36. The molecule has 2 N–H and O–H groups in total. The Hall–Kier alpha value is 0.770. The second-order valence-corrected chi connectivity index (χ2v) is 6.29. The molecule has 0 fully saturated rings. The lowest BCUT2D eigenvalue weighted by atomic mass is 10.3. The Kier molecular flexibility index (Phi) is 15.8. The van der Waals surface area contributed by atoms with E-state index in [-0.39, 0.29) is 23.7 Å². The maximum absolute atomic E-state index is 9.30. The smallest absolute Gasteiger partial charge is 0.0601 e. The van der Waals surface area contributed by atoms with Crippen LogP contribution in [-0.4, -0.2) is 72.1 Å². The van der Waals surface area contributed by atoms with Crippen LogP contribution in [0.2, 0.25) is 0 Å². The van der Waals surface area contributed by atoms with Crippen LogP contribution in [0.4, 0.5) is 0 Å². The van der Waals surface area contributed by atoms with Crippen molar-refractivity contribution in [1.82, 2.24) is 0 Å². The zero-order valence-electron chi connectivity index (χ0n) is 11.1. The van der Waals surface area contributed by atoms with Gasteiger partial charge in [0.25, 0.3) is 0 Å². The van der Waals surface area contributed by atoms with Gasteiger partial charge in [0, 0.05) is 35.5 Å². The van der Waals surface area contributed by atoms with E-state index in [0.29, 0.717) is 38.2 Å². The van der Waals surface area contributed by atoms with Gasteiger partial charge in [-0.15, -0.1) is 23.2 Å². The highest BCUT2D eigenvalue weighted by Crippen LogP contribution is 2.22. The van der Waals surface area contributed by atoms with Gasteiger partial charge in [-0.1, -0.05) is 0 Å². The fraction of sp³-hybridized carbons (Fsp3) is 1.00. The van der Waals surface area contributed by atoms with Crippen molar-refractivity contribution in [2.24, 2.45) is 0 Å². The highest BCUT2D eigenvalue weighted by atomic mass is 35.5. The van der Waals surface area contributed by atoms with Crippen molar-refractivity contribution in [3.8, 4) is 0 Å². The van der Waals surface area contributed by atoms with Crippen LogP contribution in [0.1, 0.15) is 12.8 Å². The predicted octanol–water partition coefficient (Wildman–Crippen LogP) is 1.73. The fourth-order valence-electron chi connectivity index (χ4n) is 1.42. The molecular weight excluding hydrogens is 311 g/mol. The molecule has 0 saturated carbocycles. The lowest BCUT2D eigenvalue weighted by Crippen LogP contribution is -2.21. The molecule has 0 rings (SSSR count). The van der Waals surface area contributed by atoms with Crippen LogP contribution in [0.5, 0.6) is 0 Å². The van der Waals surface area contributed by atoms with Gasteiger partial charge in [-0.2, -0.15) is 11.8 Å². The first-order chi connectivity index (χ1) is 9.28. The third-order valence-electron chi connectivity index (χ3n) is 2.40. The van der Waals surface area contributed by atoms with Crippen molar-refractivity contribution in [2.45, 2.75) is 23.3 Å². The van der Waals surface area contributed by atoms with Crippen LogP contribution in [0.3, 0.4) is 0 Å². The minimum atomic E-state index is 0.0699. The van der Waals surface area contributed by atoms with E-state index >= 15 is 0 Å². The third kappa shape index (κ3) is 12.2. The number of rotatable bonds is 14. The number of hydrogen-bond acceptors (Lipinski definition) is 5. The van der Waals surface area contributed by atoms with Crippen LogP contribution < -0.4 is 0 Å². The Morgan fingerprint density at radius 1 is 0.789 bits per heavy atom. The number of thioether (sulfide) groups is 1. The minimum absolute atomic E-state index is 0.0699. The summed E-state index contributed by atoms with van der Waals surface area (Å²) in [5.74, 6) is 0.961. The summed E-state index contributed by atoms with van der Waals surface area (Å²) in [5.41, 5.74) is 0. The van der Waals surface area contributed by atoms with E-state index in [1.165, 1.54) is 0 Å². The number of ether oxygens (including phenoxy) is 2. The molecule has 0 aromatic heterocycles. The number of hydrogen-bond donors (Lipinski definition) is 2. The Balaban J connectivity index is 3.76. The van der Waals surface area contributed by atoms with Crippen molar-refractivity contribution in [3.63, 3.8) is 0 Å². The summed E-state index contributed by atoms with van der Waals surface area (Å²) < 4.78 is 10.6. The van der Waals surface area contributed by atoms with Crippen molar-refractivity contribution < 1.29 is 19.7 Å². The third-order valence-corrected chi connectivity index (χ3v) is 4.25. The molecule has 4 nitrogen and oxygen atoms in total. The van der Waals surface area contributed by atoms with Gasteiger partial charge in [0.2, 0.25) is 0 Å². The van der Waals surface area contributed by atoms with Crippen molar-refractivity contribution in [3.05, 3.63) is 0 Å². The molecular formula is C12H24Cl2O4S. The van der Waals surface area contributed by atoms with E-state index in [4.69, 9.17) is 32.7 Å². The van der Waals surface area contributed by atoms with Gasteiger partial charge in [0.1, 0.15) is 0 Å². The second-order valence-electron chi connectivity index (χ2n) is 3.93. The molecule has 0 saturated heterocycles. The van der Waals surface area contributed by atoms with Crippen molar-refractivity contribution in [1.29, 1.82) is 0 Å². The molecule has 0 amide bonds. The summed E-state index contributed by atoms with van der Waals surface area (Å²) in [7, 11) is 0. The first kappa shape index (κ1) is 19.8. The number of alkyl halides is 2. The molecule has 0 aromatic carbocycles. The quantitative estimate of drug-likeness (QED) is 0.374. The highest BCUT2D eigenvalue weighted by Gasteiger charge is 2.16. The van der Waals surface area contributed by atoms with Crippen LogP contribution in [-0.2, 0) is 9.47 Å². The summed E-state index contributed by atoms with van der Waals surface area (Å²) in [5, 5.41) is 18.7. The largest absolute Gasteiger partial charge is 0.395 e. The molecule has 0 spiro atoms. The van der Waals surface area contributed by atoms with Crippen LogP contribution >= 0.6 is 35.0 Å². The minimum Gasteiger partial charge on any atom is -0.395 e. The first-order valence-electron chi connectivity index (χ1n) is 6.43. The lowest BCUT2D eigenvalue weighted by Gasteiger charge is -2.20. The molecule has 7 heteroatoms. The van der Waals surface area contributed by atoms with E-state index in [0.717, 1.165) is 12.8 Å². The molecule has 19 heavy (non-hydrogen) atoms. The van der Waals surface area contributed by atoms with Gasteiger partial charge < -0.3 is 19.7 Å². The molecule has 116 valence electrons. The first-order valence-corrected chi connectivity index (χ1v) is 8.44. The van der Waals surface area contributed by atoms with Crippen LogP contribution in [0, 0.1) is 0 Å². The molecule has 0 aliphatic heterocycles. The summed E-state index contributed by atoms with van der Waals surface area (Å²) in [6, 6.07) is 0. The van der Waals surface area contributed by atoms with Gasteiger partial charge in [0.15, 0.2) is 0 Å². The van der Waals surface area contributed by atoms with Gasteiger partial charge in [-0.05, 0) is 12.8 Å². The van der Waals surface area contributed by atoms with Crippen LogP contribution in [0.15, 0.2) is 0 Å². The fourth-order valence-corrected chi connectivity index (χ4v) is 2.82. The second kappa shape index (κ2) is 15.2. The normalized spacial score (nSPS) is 14.5. The molecule has 0 radical (unpaired) electrons. The van der Waals surface area contributed by atoms with Gasteiger partial charge in [-0.25, -0.2) is 0 Å². The van der Waals surface area contributed by atoms with E-state index in [1.807, 2.05) is 0 Å². The van der Waals surface area contributed by atoms with E-state index in [9.17, 15) is 10.2 Å². The Bertz CT molecular complexity index is 171. The summed E-state index contributed by atoms with van der Waals surface area (Å²) >= 11 is 12.6. The molecule has 0 aliphatic rings. The van der Waals surface area contributed by atoms with Gasteiger partial charge >= 0.3 is 0 Å². The average molecular weight is 335 g/mol. The SMILES string of the molecule is OCC(CCOCCCl)SC(CO)CCOCCCl. The van der Waals surface area contributed by atoms with E-state index < -0.39 is 0 Å². The van der Waals surface area contributed by atoms with E-state index in [2.05, 4.69) is 0 Å². The van der Waals surface area contributed by atoms with Gasteiger partial charge in [0.05, 0.1) is 26.4 Å². The molecule has 0 heterocycles. The maximum Gasteiger partial charge on any atom is 0.0601 e. The maximum atomic E-state index is 9.30. The predicted molar refractivity (Wildman–Crippen MR) is 81.7 cm³/mol. The molecule has 0 aromatic rings. The van der Waals surface area contributed by atoms with Gasteiger partial charge in [-0.3, -0.25) is 0 Å². The summed E-state index contributed by atoms with van der Waals surface area (Å²) in [4.78, 5) is 0. The Morgan fingerprint density at radius 2 is 1.21 bits per heavy atom. The number of aliphatic hydroxyl groups excluding tert-OH is 2. The molecule has 0 aliphatic carbocycles. The average Bonchev–Trinajstić information content (AvgIpc) is 2.44. The molecule has 2 unspecified atom stereocenters. The Morgan fingerprint density at radius 3 is 1.53 bits per heavy atom. The lowest BCUT2D eigenvalue weighted by molar-refractivity contribution is 0.138. The standard InChI is InChI=1S/C12H24Cl2O4S/c13-3-7-17-5-1-11(9-15)19-12(10-16)2-6-18-8-4-14/h11-12,15-16H,1-10H2. The van der Waals surface area contributed by atoms with Crippen LogP contribution in [0.25, 0.3) is 0 Å². The summed E-state index contributed by atoms with van der Waals surface area (Å²) in [6.07, 6.45) is 1.49. The topological polar surface area (TPSA) is 58.9 Å². The number of aliphatic hydroxyl groups is 2. The van der Waals surface area contributed by atoms with Crippen molar-refractivity contribution >= 4 is 35.0 Å². The number of halogens is 2. The molecule has 2 atom stereocenters. The monoisotopic (exact) mass is 334 g/mol.